The number of pyridine rings is 1. The van der Waals surface area contributed by atoms with Crippen LogP contribution in [0.15, 0.2) is 30.5 Å². The van der Waals surface area contributed by atoms with Crippen LogP contribution in [0.1, 0.15) is 42.9 Å². The molecule has 11 heteroatoms. The molecule has 9 nitrogen and oxygen atoms in total. The van der Waals surface area contributed by atoms with Crippen molar-refractivity contribution < 1.29 is 19.7 Å². The first-order chi connectivity index (χ1) is 16.4. The van der Waals surface area contributed by atoms with Crippen LogP contribution in [0.4, 0.5) is 0 Å². The zero-order valence-corrected chi connectivity index (χ0v) is 19.5. The zero-order chi connectivity index (χ0) is 23.7. The minimum Gasteiger partial charge on any atom is -0.494 e. The van der Waals surface area contributed by atoms with Crippen molar-refractivity contribution in [2.45, 2.75) is 37.4 Å². The van der Waals surface area contributed by atoms with Crippen LogP contribution in [0.3, 0.4) is 0 Å². The second kappa shape index (κ2) is 7.30. The van der Waals surface area contributed by atoms with Crippen LogP contribution >= 0.6 is 23.3 Å². The highest BCUT2D eigenvalue weighted by Crippen LogP contribution is 2.65. The first-order valence-corrected chi connectivity index (χ1v) is 11.8. The van der Waals surface area contributed by atoms with Crippen LogP contribution in [0, 0.1) is 11.3 Å². The maximum absolute atomic E-state index is 11.4. The minimum absolute atomic E-state index is 0.101. The smallest absolute Gasteiger partial charge is 0.213 e. The molecule has 4 aromatic rings. The van der Waals surface area contributed by atoms with Gasteiger partial charge in [0, 0.05) is 18.7 Å². The number of aromatic hydroxyl groups is 2. The summed E-state index contributed by atoms with van der Waals surface area (Å²) in [4.78, 5) is 4.15. The van der Waals surface area contributed by atoms with Gasteiger partial charge in [0.25, 0.3) is 0 Å². The maximum atomic E-state index is 11.4. The van der Waals surface area contributed by atoms with E-state index in [2.05, 4.69) is 19.8 Å². The van der Waals surface area contributed by atoms with Crippen molar-refractivity contribution in [2.75, 3.05) is 6.61 Å². The number of nitrogens with zero attached hydrogens (tertiary/aromatic N) is 5. The van der Waals surface area contributed by atoms with E-state index in [1.807, 2.05) is 6.92 Å². The van der Waals surface area contributed by atoms with Gasteiger partial charge in [-0.3, -0.25) is 0 Å². The molecule has 0 saturated carbocycles. The molecule has 2 aliphatic heterocycles. The minimum atomic E-state index is -0.810. The Balaban J connectivity index is 1.41. The third-order valence-electron chi connectivity index (χ3n) is 6.74. The van der Waals surface area contributed by atoms with Gasteiger partial charge in [-0.05, 0) is 38.0 Å². The summed E-state index contributed by atoms with van der Waals surface area (Å²) >= 11 is 6.86. The number of aromatic nitrogens is 4. The SMILES string of the molecule is C[C@]12CC[C@](CCOc3ccc(Cl)cn3)(O1)c1c2c(O)n(-c2ccc(C#N)c3nsnc23)c1O. The molecule has 0 radical (unpaired) electrons. The average molecular weight is 496 g/mol. The number of ether oxygens (including phenoxy) is 2. The van der Waals surface area contributed by atoms with Gasteiger partial charge < -0.3 is 19.7 Å². The van der Waals surface area contributed by atoms with Gasteiger partial charge in [0.15, 0.2) is 0 Å². The summed E-state index contributed by atoms with van der Waals surface area (Å²) < 4.78 is 22.2. The normalized spacial score (nSPS) is 22.7. The number of benzene rings is 1. The first kappa shape index (κ1) is 21.2. The quantitative estimate of drug-likeness (QED) is 0.414. The van der Waals surface area contributed by atoms with Crippen molar-refractivity contribution >= 4 is 34.4 Å². The molecule has 2 N–H and O–H groups in total. The van der Waals surface area contributed by atoms with Crippen molar-refractivity contribution in [1.82, 2.24) is 18.3 Å². The highest BCUT2D eigenvalue weighted by molar-refractivity contribution is 7.00. The molecule has 0 amide bonds. The molecule has 2 aliphatic rings. The van der Waals surface area contributed by atoms with Gasteiger partial charge in [0.05, 0.1) is 51.3 Å². The van der Waals surface area contributed by atoms with Gasteiger partial charge >= 0.3 is 0 Å². The van der Waals surface area contributed by atoms with E-state index in [0.29, 0.717) is 70.2 Å². The van der Waals surface area contributed by atoms with Crippen LogP contribution in [0.5, 0.6) is 17.6 Å². The van der Waals surface area contributed by atoms with E-state index in [1.54, 1.807) is 24.3 Å². The second-order valence-electron chi connectivity index (χ2n) is 8.68. The molecule has 34 heavy (non-hydrogen) atoms. The van der Waals surface area contributed by atoms with Crippen molar-refractivity contribution in [3.05, 3.63) is 52.2 Å². The van der Waals surface area contributed by atoms with E-state index in [-0.39, 0.29) is 11.8 Å². The lowest BCUT2D eigenvalue weighted by Gasteiger charge is -2.26. The maximum Gasteiger partial charge on any atom is 0.213 e. The van der Waals surface area contributed by atoms with Crippen LogP contribution < -0.4 is 4.74 Å². The van der Waals surface area contributed by atoms with Crippen molar-refractivity contribution in [3.63, 3.8) is 0 Å². The molecular formula is C23H18ClN5O4S. The summed E-state index contributed by atoms with van der Waals surface area (Å²) in [5.41, 5.74) is 1.28. The third kappa shape index (κ3) is 2.84. The molecule has 1 saturated heterocycles. The Morgan fingerprint density at radius 3 is 2.74 bits per heavy atom. The number of rotatable bonds is 5. The Morgan fingerprint density at radius 2 is 1.97 bits per heavy atom. The Hall–Kier alpha value is -3.39. The zero-order valence-electron chi connectivity index (χ0n) is 17.9. The topological polar surface area (TPSA) is 126 Å². The summed E-state index contributed by atoms with van der Waals surface area (Å²) in [6.07, 6.45) is 3.34. The molecule has 6 rings (SSSR count). The average Bonchev–Trinajstić information content (AvgIpc) is 3.56. The lowest BCUT2D eigenvalue weighted by atomic mass is 9.78. The van der Waals surface area contributed by atoms with Gasteiger partial charge in [0.2, 0.25) is 17.6 Å². The molecular weight excluding hydrogens is 478 g/mol. The summed E-state index contributed by atoms with van der Waals surface area (Å²) in [5, 5.41) is 32.6. The summed E-state index contributed by atoms with van der Waals surface area (Å²) in [5.74, 6) is 0.232. The summed E-state index contributed by atoms with van der Waals surface area (Å²) in [6, 6.07) is 8.76. The molecule has 0 unspecified atom stereocenters. The Bertz CT molecular complexity index is 1490. The Labute approximate surface area is 203 Å². The van der Waals surface area contributed by atoms with E-state index in [1.165, 1.54) is 10.8 Å². The lowest BCUT2D eigenvalue weighted by Crippen LogP contribution is -2.25. The number of hydrogen-bond acceptors (Lipinski definition) is 9. The van der Waals surface area contributed by atoms with Gasteiger partial charge in [-0.2, -0.15) is 14.0 Å². The first-order valence-electron chi connectivity index (χ1n) is 10.6. The molecule has 0 aliphatic carbocycles. The van der Waals surface area contributed by atoms with E-state index < -0.39 is 11.2 Å². The lowest BCUT2D eigenvalue weighted by molar-refractivity contribution is -0.0877. The van der Waals surface area contributed by atoms with Crippen LogP contribution in [-0.2, 0) is 15.9 Å². The van der Waals surface area contributed by atoms with Gasteiger partial charge in [-0.1, -0.05) is 11.6 Å². The molecule has 2 atom stereocenters. The standard InChI is InChI=1S/C23H18ClN5O4S/c1-22-6-7-23(33-22,8-9-32-15-5-3-13(24)11-26-15)17-16(22)20(30)29(21(17)31)14-4-2-12(10-25)18-19(14)28-34-27-18/h2-5,11,30-31H,6-9H2,1H3/t22-,23-/m1/s1. The molecule has 172 valence electrons. The molecule has 2 bridgehead atoms. The highest BCUT2D eigenvalue weighted by atomic mass is 35.5. The second-order valence-corrected chi connectivity index (χ2v) is 9.64. The predicted octanol–water partition coefficient (Wildman–Crippen LogP) is 4.52. The van der Waals surface area contributed by atoms with Crippen molar-refractivity contribution in [3.8, 4) is 29.4 Å². The van der Waals surface area contributed by atoms with Gasteiger partial charge in [0.1, 0.15) is 22.7 Å². The van der Waals surface area contributed by atoms with Crippen LogP contribution in [0.25, 0.3) is 16.7 Å². The van der Waals surface area contributed by atoms with Crippen molar-refractivity contribution in [2.24, 2.45) is 0 Å². The third-order valence-corrected chi connectivity index (χ3v) is 7.50. The molecule has 0 spiro atoms. The Kier molecular flexibility index (Phi) is 4.55. The molecule has 1 fully saturated rings. The molecule has 3 aromatic heterocycles. The fourth-order valence-electron chi connectivity index (χ4n) is 5.23. The van der Waals surface area contributed by atoms with Gasteiger partial charge in [-0.25, -0.2) is 9.55 Å². The van der Waals surface area contributed by atoms with E-state index >= 15 is 0 Å². The number of halogens is 1. The van der Waals surface area contributed by atoms with Gasteiger partial charge in [-0.15, -0.1) is 0 Å². The van der Waals surface area contributed by atoms with E-state index in [4.69, 9.17) is 21.1 Å². The molecule has 5 heterocycles. The fraction of sp³-hybridized carbons (Fsp3) is 0.304. The summed E-state index contributed by atoms with van der Waals surface area (Å²) in [7, 11) is 0. The number of hydrogen-bond donors (Lipinski definition) is 2. The highest BCUT2D eigenvalue weighted by Gasteiger charge is 2.61. The van der Waals surface area contributed by atoms with Crippen LogP contribution in [0.2, 0.25) is 5.02 Å². The predicted molar refractivity (Wildman–Crippen MR) is 123 cm³/mol. The van der Waals surface area contributed by atoms with E-state index in [0.717, 1.165) is 11.7 Å². The number of fused-ring (bicyclic) bond motifs is 6. The Morgan fingerprint density at radius 1 is 1.18 bits per heavy atom. The monoisotopic (exact) mass is 495 g/mol. The van der Waals surface area contributed by atoms with Crippen LogP contribution in [-0.4, -0.2) is 35.1 Å². The molecule has 1 aromatic carbocycles. The largest absolute Gasteiger partial charge is 0.494 e. The summed E-state index contributed by atoms with van der Waals surface area (Å²) in [6.45, 7) is 2.22. The van der Waals surface area contributed by atoms with E-state index in [9.17, 15) is 15.5 Å². The van der Waals surface area contributed by atoms with Crippen molar-refractivity contribution in [1.29, 1.82) is 5.26 Å². The number of nitriles is 1. The fourth-order valence-corrected chi connectivity index (χ4v) is 5.91.